The first-order valence-corrected chi connectivity index (χ1v) is 9.95. The van der Waals surface area contributed by atoms with Crippen LogP contribution in [0.4, 0.5) is 0 Å². The zero-order valence-electron chi connectivity index (χ0n) is 16.4. The predicted molar refractivity (Wildman–Crippen MR) is 112 cm³/mol. The van der Waals surface area contributed by atoms with E-state index in [1.165, 1.54) is 11.6 Å². The molecular formula is C21H27ClN4O2. The van der Waals surface area contributed by atoms with Gasteiger partial charge in [0, 0.05) is 37.8 Å². The van der Waals surface area contributed by atoms with Crippen LogP contribution >= 0.6 is 11.6 Å². The van der Waals surface area contributed by atoms with Crippen molar-refractivity contribution in [3.8, 4) is 0 Å². The molecule has 0 atom stereocenters. The molecule has 0 bridgehead atoms. The van der Waals surface area contributed by atoms with Crippen molar-refractivity contribution in [3.63, 3.8) is 0 Å². The van der Waals surface area contributed by atoms with Gasteiger partial charge in [0.15, 0.2) is 0 Å². The topological polar surface area (TPSA) is 59.4 Å². The summed E-state index contributed by atoms with van der Waals surface area (Å²) in [5, 5.41) is 7.96. The molecule has 1 aromatic carbocycles. The number of halogens is 1. The summed E-state index contributed by atoms with van der Waals surface area (Å²) in [4.78, 5) is 14.4. The molecule has 1 fully saturated rings. The third kappa shape index (κ3) is 5.67. The number of amides is 1. The Labute approximate surface area is 171 Å². The van der Waals surface area contributed by atoms with Gasteiger partial charge in [-0.15, -0.1) is 0 Å². The highest BCUT2D eigenvalue weighted by Crippen LogP contribution is 2.22. The highest BCUT2D eigenvalue weighted by atomic mass is 35.5. The number of hydrogen-bond donors (Lipinski definition) is 1. The van der Waals surface area contributed by atoms with E-state index >= 15 is 0 Å². The first-order valence-electron chi connectivity index (χ1n) is 9.57. The molecule has 3 rings (SSSR count). The number of aromatic nitrogens is 2. The maximum Gasteiger partial charge on any atom is 0.244 e. The minimum Gasteiger partial charge on any atom is -0.379 e. The summed E-state index contributed by atoms with van der Waals surface area (Å²) in [5.41, 5.74) is 3.92. The first-order chi connectivity index (χ1) is 13.5. The number of nitrogens with zero attached hydrogens (tertiary/aromatic N) is 3. The summed E-state index contributed by atoms with van der Waals surface area (Å²) in [6, 6.07) is 8.28. The molecule has 0 spiro atoms. The zero-order valence-corrected chi connectivity index (χ0v) is 17.2. The molecule has 2 aromatic rings. The van der Waals surface area contributed by atoms with E-state index in [0.29, 0.717) is 18.2 Å². The lowest BCUT2D eigenvalue weighted by Gasteiger charge is -2.26. The van der Waals surface area contributed by atoms with Gasteiger partial charge in [-0.2, -0.15) is 5.10 Å². The van der Waals surface area contributed by atoms with Crippen molar-refractivity contribution in [2.45, 2.75) is 20.4 Å². The minimum atomic E-state index is -0.130. The lowest BCUT2D eigenvalue weighted by molar-refractivity contribution is -0.116. The van der Waals surface area contributed by atoms with Crippen molar-refractivity contribution in [2.75, 3.05) is 39.4 Å². The Bertz CT molecular complexity index is 824. The molecule has 2 heterocycles. The Morgan fingerprint density at radius 2 is 1.96 bits per heavy atom. The average Bonchev–Trinajstić information content (AvgIpc) is 2.96. The van der Waals surface area contributed by atoms with Gasteiger partial charge < -0.3 is 10.1 Å². The molecule has 6 nitrogen and oxygen atoms in total. The number of nitrogens with one attached hydrogen (secondary N) is 1. The molecule has 0 radical (unpaired) electrons. The highest BCUT2D eigenvalue weighted by Gasteiger charge is 2.12. The quantitative estimate of drug-likeness (QED) is 0.723. The van der Waals surface area contributed by atoms with Gasteiger partial charge in [0.1, 0.15) is 5.15 Å². The Morgan fingerprint density at radius 1 is 1.25 bits per heavy atom. The van der Waals surface area contributed by atoms with Crippen LogP contribution in [0.3, 0.4) is 0 Å². The lowest BCUT2D eigenvalue weighted by Crippen LogP contribution is -2.41. The van der Waals surface area contributed by atoms with E-state index in [0.717, 1.165) is 49.7 Å². The van der Waals surface area contributed by atoms with Gasteiger partial charge in [0.2, 0.25) is 5.91 Å². The van der Waals surface area contributed by atoms with E-state index in [9.17, 15) is 4.79 Å². The molecule has 1 aliphatic rings. The normalized spacial score (nSPS) is 15.2. The fraction of sp³-hybridized carbons (Fsp3) is 0.429. The maximum atomic E-state index is 12.1. The van der Waals surface area contributed by atoms with E-state index < -0.39 is 0 Å². The van der Waals surface area contributed by atoms with Crippen LogP contribution in [0.15, 0.2) is 30.3 Å². The summed E-state index contributed by atoms with van der Waals surface area (Å²) in [6.07, 6.45) is 3.26. The van der Waals surface area contributed by atoms with Gasteiger partial charge in [0.25, 0.3) is 0 Å². The molecule has 1 saturated heterocycles. The summed E-state index contributed by atoms with van der Waals surface area (Å²) in [5.74, 6) is -0.130. The molecule has 150 valence electrons. The molecule has 0 saturated carbocycles. The third-order valence-electron chi connectivity index (χ3n) is 4.79. The van der Waals surface area contributed by atoms with Crippen LogP contribution in [0.2, 0.25) is 5.15 Å². The highest BCUT2D eigenvalue weighted by molar-refractivity contribution is 6.31. The fourth-order valence-electron chi connectivity index (χ4n) is 3.11. The van der Waals surface area contributed by atoms with Crippen LogP contribution in [0.25, 0.3) is 6.08 Å². The number of carbonyl (C=O) groups is 1. The number of hydrogen-bond acceptors (Lipinski definition) is 4. The molecule has 7 heteroatoms. The zero-order chi connectivity index (χ0) is 19.9. The van der Waals surface area contributed by atoms with Crippen LogP contribution in [0.5, 0.6) is 0 Å². The summed E-state index contributed by atoms with van der Waals surface area (Å²) < 4.78 is 7.08. The lowest BCUT2D eigenvalue weighted by atomic mass is 10.1. The molecule has 1 aromatic heterocycles. The second-order valence-corrected chi connectivity index (χ2v) is 7.37. The van der Waals surface area contributed by atoms with Gasteiger partial charge in [0.05, 0.1) is 25.5 Å². The molecule has 1 amide bonds. The molecule has 1 aliphatic heterocycles. The number of ether oxygens (including phenoxy) is 1. The summed E-state index contributed by atoms with van der Waals surface area (Å²) in [6.45, 7) is 9.36. The molecule has 0 unspecified atom stereocenters. The maximum absolute atomic E-state index is 12.1. The van der Waals surface area contributed by atoms with Gasteiger partial charge in [-0.1, -0.05) is 41.4 Å². The fourth-order valence-corrected chi connectivity index (χ4v) is 3.40. The van der Waals surface area contributed by atoms with Gasteiger partial charge >= 0.3 is 0 Å². The van der Waals surface area contributed by atoms with E-state index in [-0.39, 0.29) is 5.91 Å². The van der Waals surface area contributed by atoms with Gasteiger partial charge in [-0.05, 0) is 25.5 Å². The number of rotatable bonds is 7. The molecule has 28 heavy (non-hydrogen) atoms. The van der Waals surface area contributed by atoms with Gasteiger partial charge in [-0.3, -0.25) is 9.69 Å². The second kappa shape index (κ2) is 9.87. The smallest absolute Gasteiger partial charge is 0.244 e. The SMILES string of the molecule is Cc1ccc(Cn2nc(C)c(/C=C/C(=O)NCCN3CCOCC3)c2Cl)cc1. The first kappa shape index (κ1) is 20.6. The summed E-state index contributed by atoms with van der Waals surface area (Å²) >= 11 is 6.50. The van der Waals surface area contributed by atoms with Crippen molar-refractivity contribution in [1.29, 1.82) is 0 Å². The average molecular weight is 403 g/mol. The van der Waals surface area contributed by atoms with E-state index in [1.807, 2.05) is 6.92 Å². The number of benzene rings is 1. The van der Waals surface area contributed by atoms with Crippen LogP contribution in [-0.4, -0.2) is 60.0 Å². The Morgan fingerprint density at radius 3 is 2.68 bits per heavy atom. The van der Waals surface area contributed by atoms with Crippen LogP contribution in [0, 0.1) is 13.8 Å². The van der Waals surface area contributed by atoms with Crippen molar-refractivity contribution in [3.05, 3.63) is 57.9 Å². The second-order valence-electron chi connectivity index (χ2n) is 7.01. The van der Waals surface area contributed by atoms with Crippen LogP contribution in [-0.2, 0) is 16.1 Å². The minimum absolute atomic E-state index is 0.130. The predicted octanol–water partition coefficient (Wildman–Crippen LogP) is 2.66. The number of morpholine rings is 1. The van der Waals surface area contributed by atoms with E-state index in [2.05, 4.69) is 46.5 Å². The molecule has 0 aliphatic carbocycles. The van der Waals surface area contributed by atoms with Crippen molar-refractivity contribution < 1.29 is 9.53 Å². The summed E-state index contributed by atoms with van der Waals surface area (Å²) in [7, 11) is 0. The standard InChI is InChI=1S/C21H27ClN4O2/c1-16-3-5-18(6-4-16)15-26-21(22)19(17(2)24-26)7-8-20(27)23-9-10-25-11-13-28-14-12-25/h3-8H,9-15H2,1-2H3,(H,23,27)/b8-7+. The van der Waals surface area contributed by atoms with Crippen LogP contribution in [0.1, 0.15) is 22.4 Å². The van der Waals surface area contributed by atoms with E-state index in [4.69, 9.17) is 16.3 Å². The van der Waals surface area contributed by atoms with Crippen molar-refractivity contribution in [2.24, 2.45) is 0 Å². The Hall–Kier alpha value is -2.15. The van der Waals surface area contributed by atoms with Crippen molar-refractivity contribution in [1.82, 2.24) is 20.0 Å². The largest absolute Gasteiger partial charge is 0.379 e. The molecular weight excluding hydrogens is 376 g/mol. The molecule has 1 N–H and O–H groups in total. The number of carbonyl (C=O) groups excluding carboxylic acids is 1. The van der Waals surface area contributed by atoms with Crippen LogP contribution < -0.4 is 5.32 Å². The Balaban J connectivity index is 1.54. The third-order valence-corrected chi connectivity index (χ3v) is 5.19. The Kier molecular flexibility index (Phi) is 7.25. The van der Waals surface area contributed by atoms with E-state index in [1.54, 1.807) is 10.8 Å². The monoisotopic (exact) mass is 402 g/mol. The number of aryl methyl sites for hydroxylation is 2. The van der Waals surface area contributed by atoms with Gasteiger partial charge in [-0.25, -0.2) is 4.68 Å². The van der Waals surface area contributed by atoms with Crippen molar-refractivity contribution >= 4 is 23.6 Å².